The average Bonchev–Trinajstić information content (AvgIpc) is 2.55. The van der Waals surface area contributed by atoms with E-state index in [1.165, 1.54) is 0 Å². The van der Waals surface area contributed by atoms with Crippen molar-refractivity contribution in [3.63, 3.8) is 0 Å². The van der Waals surface area contributed by atoms with Crippen molar-refractivity contribution in [2.24, 2.45) is 0 Å². The monoisotopic (exact) mass is 342 g/mol. The fourth-order valence-corrected chi connectivity index (χ4v) is 2.45. The molecule has 4 heteroatoms. The van der Waals surface area contributed by atoms with Crippen molar-refractivity contribution in [3.8, 4) is 17.2 Å². The Morgan fingerprint density at radius 3 is 2.28 bits per heavy atom. The van der Waals surface area contributed by atoms with Crippen LogP contribution in [0.4, 0.5) is 0 Å². The first kappa shape index (κ1) is 18.8. The van der Waals surface area contributed by atoms with Crippen LogP contribution in [0.15, 0.2) is 42.5 Å². The molecule has 134 valence electrons. The molecule has 0 saturated carbocycles. The lowest BCUT2D eigenvalue weighted by Crippen LogP contribution is -2.20. The van der Waals surface area contributed by atoms with Gasteiger partial charge in [0.2, 0.25) is 0 Å². The van der Waals surface area contributed by atoms with E-state index in [0.29, 0.717) is 23.9 Å². The van der Waals surface area contributed by atoms with Crippen LogP contribution in [-0.2, 0) is 10.2 Å². The standard InChI is InChI=1S/C21H26O4/c1-6-23-18-9-7-8-10-19(18)25-20(22)14-24-17-12-11-15(2)13-16(17)21(3,4)5/h7-13H,6,14H2,1-5H3. The van der Waals surface area contributed by atoms with Crippen molar-refractivity contribution in [2.45, 2.75) is 40.0 Å². The minimum Gasteiger partial charge on any atom is -0.490 e. The Labute approximate surface area is 149 Å². The molecule has 4 nitrogen and oxygen atoms in total. The highest BCUT2D eigenvalue weighted by molar-refractivity contribution is 5.74. The second-order valence-electron chi connectivity index (χ2n) is 6.89. The Bertz CT molecular complexity index is 729. The van der Waals surface area contributed by atoms with Gasteiger partial charge in [-0.05, 0) is 43.0 Å². The van der Waals surface area contributed by atoms with Crippen LogP contribution >= 0.6 is 0 Å². The lowest BCUT2D eigenvalue weighted by Gasteiger charge is -2.23. The topological polar surface area (TPSA) is 44.8 Å². The van der Waals surface area contributed by atoms with Crippen molar-refractivity contribution >= 4 is 5.97 Å². The molecule has 0 aliphatic carbocycles. The van der Waals surface area contributed by atoms with Crippen LogP contribution < -0.4 is 14.2 Å². The zero-order valence-corrected chi connectivity index (χ0v) is 15.6. The number of carbonyl (C=O) groups excluding carboxylic acids is 1. The molecule has 0 bridgehead atoms. The summed E-state index contributed by atoms with van der Waals surface area (Å²) < 4.78 is 16.6. The SMILES string of the molecule is CCOc1ccccc1OC(=O)COc1ccc(C)cc1C(C)(C)C. The number of hydrogen-bond acceptors (Lipinski definition) is 4. The summed E-state index contributed by atoms with van der Waals surface area (Å²) >= 11 is 0. The Balaban J connectivity index is 2.06. The third-order valence-corrected chi connectivity index (χ3v) is 3.66. The molecule has 0 N–H and O–H groups in total. The Morgan fingerprint density at radius 1 is 0.960 bits per heavy atom. The first-order valence-electron chi connectivity index (χ1n) is 8.47. The summed E-state index contributed by atoms with van der Waals surface area (Å²) in [6.07, 6.45) is 0. The molecule has 0 radical (unpaired) electrons. The molecule has 0 saturated heterocycles. The molecule has 2 aromatic carbocycles. The number of rotatable bonds is 6. The predicted octanol–water partition coefficient (Wildman–Crippen LogP) is 4.68. The fourth-order valence-electron chi connectivity index (χ4n) is 2.45. The van der Waals surface area contributed by atoms with Crippen molar-refractivity contribution in [1.29, 1.82) is 0 Å². The number of aryl methyl sites for hydroxylation is 1. The molecular formula is C21H26O4. The van der Waals surface area contributed by atoms with Gasteiger partial charge in [-0.15, -0.1) is 0 Å². The van der Waals surface area contributed by atoms with Gasteiger partial charge in [0.15, 0.2) is 18.1 Å². The van der Waals surface area contributed by atoms with Crippen LogP contribution in [0.25, 0.3) is 0 Å². The maximum absolute atomic E-state index is 12.2. The van der Waals surface area contributed by atoms with Crippen LogP contribution in [0.3, 0.4) is 0 Å². The molecule has 0 fully saturated rings. The molecule has 0 aliphatic rings. The van der Waals surface area contributed by atoms with E-state index in [4.69, 9.17) is 14.2 Å². The average molecular weight is 342 g/mol. The van der Waals surface area contributed by atoms with E-state index in [2.05, 4.69) is 26.8 Å². The Morgan fingerprint density at radius 2 is 1.64 bits per heavy atom. The number of hydrogen-bond donors (Lipinski definition) is 0. The molecule has 0 heterocycles. The van der Waals surface area contributed by atoms with E-state index in [1.807, 2.05) is 32.0 Å². The molecule has 0 amide bonds. The first-order chi connectivity index (χ1) is 11.8. The largest absolute Gasteiger partial charge is 0.490 e. The maximum atomic E-state index is 12.2. The summed E-state index contributed by atoms with van der Waals surface area (Å²) in [7, 11) is 0. The zero-order valence-electron chi connectivity index (χ0n) is 15.6. The van der Waals surface area contributed by atoms with E-state index < -0.39 is 5.97 Å². The molecular weight excluding hydrogens is 316 g/mol. The summed E-state index contributed by atoms with van der Waals surface area (Å²) in [5.74, 6) is 1.18. The predicted molar refractivity (Wildman–Crippen MR) is 98.6 cm³/mol. The van der Waals surface area contributed by atoms with E-state index in [9.17, 15) is 4.79 Å². The molecule has 2 rings (SSSR count). The highest BCUT2D eigenvalue weighted by Gasteiger charge is 2.20. The highest BCUT2D eigenvalue weighted by Crippen LogP contribution is 2.32. The van der Waals surface area contributed by atoms with E-state index in [0.717, 1.165) is 11.1 Å². The third kappa shape index (κ3) is 5.24. The number of esters is 1. The summed E-state index contributed by atoms with van der Waals surface area (Å²) in [6.45, 7) is 10.6. The molecule has 25 heavy (non-hydrogen) atoms. The maximum Gasteiger partial charge on any atom is 0.349 e. The van der Waals surface area contributed by atoms with Crippen molar-refractivity contribution in [3.05, 3.63) is 53.6 Å². The van der Waals surface area contributed by atoms with Crippen molar-refractivity contribution in [1.82, 2.24) is 0 Å². The van der Waals surface area contributed by atoms with Gasteiger partial charge >= 0.3 is 5.97 Å². The molecule has 0 atom stereocenters. The molecule has 0 spiro atoms. The third-order valence-electron chi connectivity index (χ3n) is 3.66. The second kappa shape index (κ2) is 8.06. The Hall–Kier alpha value is -2.49. The van der Waals surface area contributed by atoms with Gasteiger partial charge in [-0.2, -0.15) is 0 Å². The van der Waals surface area contributed by atoms with Crippen molar-refractivity contribution in [2.75, 3.05) is 13.2 Å². The van der Waals surface area contributed by atoms with Gasteiger partial charge in [-0.25, -0.2) is 4.79 Å². The van der Waals surface area contributed by atoms with Gasteiger partial charge in [0.25, 0.3) is 0 Å². The van der Waals surface area contributed by atoms with Gasteiger partial charge < -0.3 is 14.2 Å². The molecule has 2 aromatic rings. The number of ether oxygens (including phenoxy) is 3. The minimum absolute atomic E-state index is 0.0766. The van der Waals surface area contributed by atoms with Gasteiger partial charge in [-0.1, -0.05) is 50.6 Å². The minimum atomic E-state index is -0.465. The van der Waals surface area contributed by atoms with Crippen molar-refractivity contribution < 1.29 is 19.0 Å². The number of para-hydroxylation sites is 2. The quantitative estimate of drug-likeness (QED) is 0.565. The molecule has 0 unspecified atom stereocenters. The summed E-state index contributed by atoms with van der Waals surface area (Å²) in [5.41, 5.74) is 2.15. The Kier molecular flexibility index (Phi) is 6.07. The molecule has 0 aliphatic heterocycles. The fraction of sp³-hybridized carbons (Fsp3) is 0.381. The van der Waals surface area contributed by atoms with E-state index >= 15 is 0 Å². The lowest BCUT2D eigenvalue weighted by atomic mass is 9.85. The number of benzene rings is 2. The van der Waals surface area contributed by atoms with E-state index in [1.54, 1.807) is 18.2 Å². The summed E-state index contributed by atoms with van der Waals surface area (Å²) in [6, 6.07) is 13.1. The summed E-state index contributed by atoms with van der Waals surface area (Å²) in [4.78, 5) is 12.2. The first-order valence-corrected chi connectivity index (χ1v) is 8.47. The van der Waals surface area contributed by atoms with Crippen LogP contribution in [0.1, 0.15) is 38.8 Å². The normalized spacial score (nSPS) is 11.1. The van der Waals surface area contributed by atoms with Crippen LogP contribution in [0, 0.1) is 6.92 Å². The van der Waals surface area contributed by atoms with Crippen LogP contribution in [0.2, 0.25) is 0 Å². The van der Waals surface area contributed by atoms with Crippen LogP contribution in [0.5, 0.6) is 17.2 Å². The van der Waals surface area contributed by atoms with E-state index in [-0.39, 0.29) is 12.0 Å². The zero-order chi connectivity index (χ0) is 18.4. The number of carbonyl (C=O) groups is 1. The highest BCUT2D eigenvalue weighted by atomic mass is 16.6. The molecule has 0 aromatic heterocycles. The summed E-state index contributed by atoms with van der Waals surface area (Å²) in [5, 5.41) is 0. The van der Waals surface area contributed by atoms with Gasteiger partial charge in [0, 0.05) is 0 Å². The lowest BCUT2D eigenvalue weighted by molar-refractivity contribution is -0.136. The van der Waals surface area contributed by atoms with Gasteiger partial charge in [0.05, 0.1) is 6.61 Å². The van der Waals surface area contributed by atoms with Gasteiger partial charge in [0.1, 0.15) is 5.75 Å². The second-order valence-corrected chi connectivity index (χ2v) is 6.89. The smallest absolute Gasteiger partial charge is 0.349 e. The van der Waals surface area contributed by atoms with Crippen LogP contribution in [-0.4, -0.2) is 19.2 Å². The van der Waals surface area contributed by atoms with Gasteiger partial charge in [-0.3, -0.25) is 0 Å².